The predicted molar refractivity (Wildman–Crippen MR) is 62.5 cm³/mol. The topological polar surface area (TPSA) is 18.5 Å². The zero-order chi connectivity index (χ0) is 11.1. The summed E-state index contributed by atoms with van der Waals surface area (Å²) in [6.07, 6.45) is 7.61. The van der Waals surface area contributed by atoms with Gasteiger partial charge in [-0.15, -0.1) is 0 Å². The molecule has 15 heavy (non-hydrogen) atoms. The molecule has 1 saturated heterocycles. The summed E-state index contributed by atoms with van der Waals surface area (Å²) in [5.41, 5.74) is 0. The van der Waals surface area contributed by atoms with Crippen molar-refractivity contribution in [3.8, 4) is 0 Å². The maximum absolute atomic E-state index is 5.67. The van der Waals surface area contributed by atoms with E-state index in [1.54, 1.807) is 0 Å². The van der Waals surface area contributed by atoms with Crippen LogP contribution in [0, 0.1) is 12.8 Å². The van der Waals surface area contributed by atoms with Gasteiger partial charge in [0.05, 0.1) is 12.7 Å². The third kappa shape index (κ3) is 4.52. The molecule has 0 spiro atoms. The molecule has 3 unspecified atom stereocenters. The number of hydrogen-bond acceptors (Lipinski definition) is 2. The van der Waals surface area contributed by atoms with E-state index in [4.69, 9.17) is 9.47 Å². The van der Waals surface area contributed by atoms with Gasteiger partial charge in [-0.05, 0) is 19.8 Å². The summed E-state index contributed by atoms with van der Waals surface area (Å²) in [5.74, 6) is 0.577. The highest BCUT2D eigenvalue weighted by atomic mass is 16.7. The van der Waals surface area contributed by atoms with E-state index < -0.39 is 0 Å². The van der Waals surface area contributed by atoms with Crippen molar-refractivity contribution in [1.82, 2.24) is 0 Å². The van der Waals surface area contributed by atoms with E-state index in [0.717, 1.165) is 0 Å². The molecule has 0 aromatic heterocycles. The summed E-state index contributed by atoms with van der Waals surface area (Å²) >= 11 is 0. The minimum Gasteiger partial charge on any atom is -0.350 e. The molecule has 0 aliphatic carbocycles. The Morgan fingerprint density at radius 2 is 2.00 bits per heavy atom. The second-order valence-corrected chi connectivity index (χ2v) is 4.50. The smallest absolute Gasteiger partial charge is 0.160 e. The number of unbranched alkanes of at least 4 members (excludes halogenated alkanes) is 2. The fraction of sp³-hybridized carbons (Fsp3) is 0.923. The molecule has 1 aliphatic heterocycles. The fourth-order valence-electron chi connectivity index (χ4n) is 2.16. The van der Waals surface area contributed by atoms with Crippen LogP contribution in [0.3, 0.4) is 0 Å². The summed E-state index contributed by atoms with van der Waals surface area (Å²) in [4.78, 5) is 0. The lowest BCUT2D eigenvalue weighted by molar-refractivity contribution is -0.0959. The third-order valence-electron chi connectivity index (χ3n) is 3.00. The molecule has 0 amide bonds. The van der Waals surface area contributed by atoms with Gasteiger partial charge in [-0.2, -0.15) is 0 Å². The van der Waals surface area contributed by atoms with Gasteiger partial charge in [0.25, 0.3) is 0 Å². The van der Waals surface area contributed by atoms with E-state index in [9.17, 15) is 0 Å². The van der Waals surface area contributed by atoms with E-state index in [1.165, 1.54) is 38.5 Å². The molecular weight excluding hydrogens is 188 g/mol. The molecule has 0 aromatic carbocycles. The highest BCUT2D eigenvalue weighted by Crippen LogP contribution is 2.26. The fourth-order valence-corrected chi connectivity index (χ4v) is 2.16. The van der Waals surface area contributed by atoms with Crippen molar-refractivity contribution < 1.29 is 9.47 Å². The van der Waals surface area contributed by atoms with Gasteiger partial charge < -0.3 is 9.47 Å². The van der Waals surface area contributed by atoms with E-state index in [2.05, 4.69) is 20.8 Å². The summed E-state index contributed by atoms with van der Waals surface area (Å²) in [5, 5.41) is 0. The van der Waals surface area contributed by atoms with Crippen LogP contribution >= 0.6 is 0 Å². The van der Waals surface area contributed by atoms with Crippen molar-refractivity contribution >= 4 is 0 Å². The van der Waals surface area contributed by atoms with Crippen LogP contribution in [0.2, 0.25) is 0 Å². The first-order valence-corrected chi connectivity index (χ1v) is 6.38. The van der Waals surface area contributed by atoms with Crippen LogP contribution in [-0.4, -0.2) is 19.0 Å². The molecule has 1 heterocycles. The molecule has 89 valence electrons. The van der Waals surface area contributed by atoms with Crippen LogP contribution in [0.1, 0.15) is 52.4 Å². The Kier molecular flexibility index (Phi) is 6.26. The largest absolute Gasteiger partial charge is 0.350 e. The molecule has 1 aliphatic rings. The molecular formula is C13H25O2. The Balaban J connectivity index is 2.28. The second-order valence-electron chi connectivity index (χ2n) is 4.50. The SMILES string of the molecule is [CH2]C1COC(C(CCC)CCCCC)O1. The summed E-state index contributed by atoms with van der Waals surface area (Å²) in [6, 6.07) is 0. The third-order valence-corrected chi connectivity index (χ3v) is 3.00. The van der Waals surface area contributed by atoms with Crippen LogP contribution in [0.4, 0.5) is 0 Å². The zero-order valence-electron chi connectivity index (χ0n) is 10.2. The summed E-state index contributed by atoms with van der Waals surface area (Å²) in [6.45, 7) is 9.01. The van der Waals surface area contributed by atoms with Crippen molar-refractivity contribution in [2.24, 2.45) is 5.92 Å². The Bertz CT molecular complexity index is 159. The predicted octanol–water partition coefficient (Wildman–Crippen LogP) is 3.56. The Labute approximate surface area is 94.3 Å². The molecule has 1 rings (SSSR count). The second kappa shape index (κ2) is 7.24. The summed E-state index contributed by atoms with van der Waals surface area (Å²) < 4.78 is 11.3. The van der Waals surface area contributed by atoms with Crippen molar-refractivity contribution in [3.63, 3.8) is 0 Å². The lowest BCUT2D eigenvalue weighted by Gasteiger charge is -2.21. The Hall–Kier alpha value is -0.0800. The highest BCUT2D eigenvalue weighted by molar-refractivity contribution is 4.73. The number of ether oxygens (including phenoxy) is 2. The molecule has 0 bridgehead atoms. The van der Waals surface area contributed by atoms with E-state index in [1.807, 2.05) is 0 Å². The molecule has 0 N–H and O–H groups in total. The van der Waals surface area contributed by atoms with Gasteiger partial charge in [-0.1, -0.05) is 39.5 Å². The van der Waals surface area contributed by atoms with Gasteiger partial charge in [-0.25, -0.2) is 0 Å². The van der Waals surface area contributed by atoms with Crippen LogP contribution in [-0.2, 0) is 9.47 Å². The molecule has 3 atom stereocenters. The molecule has 1 radical (unpaired) electrons. The normalized spacial score (nSPS) is 28.2. The van der Waals surface area contributed by atoms with Gasteiger partial charge in [0, 0.05) is 5.92 Å². The Morgan fingerprint density at radius 1 is 1.20 bits per heavy atom. The van der Waals surface area contributed by atoms with E-state index in [-0.39, 0.29) is 12.4 Å². The first-order chi connectivity index (χ1) is 7.27. The molecule has 2 heteroatoms. The van der Waals surface area contributed by atoms with Gasteiger partial charge in [0.1, 0.15) is 0 Å². The maximum Gasteiger partial charge on any atom is 0.160 e. The minimum absolute atomic E-state index is 0.0179. The van der Waals surface area contributed by atoms with Crippen molar-refractivity contribution in [3.05, 3.63) is 6.92 Å². The quantitative estimate of drug-likeness (QED) is 0.602. The zero-order valence-corrected chi connectivity index (χ0v) is 10.2. The molecule has 1 fully saturated rings. The van der Waals surface area contributed by atoms with E-state index >= 15 is 0 Å². The van der Waals surface area contributed by atoms with Gasteiger partial charge in [0.2, 0.25) is 0 Å². The molecule has 0 aromatic rings. The van der Waals surface area contributed by atoms with Crippen molar-refractivity contribution in [2.75, 3.05) is 6.61 Å². The van der Waals surface area contributed by atoms with E-state index in [0.29, 0.717) is 12.5 Å². The monoisotopic (exact) mass is 213 g/mol. The summed E-state index contributed by atoms with van der Waals surface area (Å²) in [7, 11) is 0. The minimum atomic E-state index is 0.0179. The van der Waals surface area contributed by atoms with Crippen LogP contribution < -0.4 is 0 Å². The van der Waals surface area contributed by atoms with Gasteiger partial charge in [-0.3, -0.25) is 0 Å². The van der Waals surface area contributed by atoms with Crippen molar-refractivity contribution in [2.45, 2.75) is 64.8 Å². The van der Waals surface area contributed by atoms with Crippen LogP contribution in [0.25, 0.3) is 0 Å². The molecule has 0 saturated carbocycles. The van der Waals surface area contributed by atoms with Gasteiger partial charge >= 0.3 is 0 Å². The highest BCUT2D eigenvalue weighted by Gasteiger charge is 2.29. The number of rotatable bonds is 7. The average molecular weight is 213 g/mol. The standard InChI is InChI=1S/C13H25O2/c1-4-6-7-9-12(8-5-2)13-14-10-11(3)15-13/h11-13H,3-10H2,1-2H3. The van der Waals surface area contributed by atoms with Crippen LogP contribution in [0.5, 0.6) is 0 Å². The number of hydrogen-bond donors (Lipinski definition) is 0. The lowest BCUT2D eigenvalue weighted by atomic mass is 9.96. The average Bonchev–Trinajstić information content (AvgIpc) is 2.64. The lowest BCUT2D eigenvalue weighted by Crippen LogP contribution is -2.22. The van der Waals surface area contributed by atoms with Gasteiger partial charge in [0.15, 0.2) is 6.29 Å². The van der Waals surface area contributed by atoms with Crippen molar-refractivity contribution in [1.29, 1.82) is 0 Å². The first kappa shape index (κ1) is 13.0. The Morgan fingerprint density at radius 3 is 2.53 bits per heavy atom. The first-order valence-electron chi connectivity index (χ1n) is 6.38. The van der Waals surface area contributed by atoms with Crippen LogP contribution in [0.15, 0.2) is 0 Å². The molecule has 2 nitrogen and oxygen atoms in total. The maximum atomic E-state index is 5.67.